The summed E-state index contributed by atoms with van der Waals surface area (Å²) in [5.41, 5.74) is 3.62. The van der Waals surface area contributed by atoms with Gasteiger partial charge in [-0.1, -0.05) is 31.2 Å². The van der Waals surface area contributed by atoms with Gasteiger partial charge in [0.2, 0.25) is 11.8 Å². The molecule has 2 aromatic carbocycles. The molecule has 1 unspecified atom stereocenters. The van der Waals surface area contributed by atoms with Crippen molar-refractivity contribution in [2.75, 3.05) is 31.3 Å². The number of likely N-dealkylation sites (N-methyl/N-ethyl adjacent to an activating group) is 1. The Bertz CT molecular complexity index is 873. The van der Waals surface area contributed by atoms with Crippen LogP contribution >= 0.6 is 0 Å². The van der Waals surface area contributed by atoms with Gasteiger partial charge in [0.25, 0.3) is 5.91 Å². The van der Waals surface area contributed by atoms with E-state index in [1.807, 2.05) is 14.1 Å². The molecule has 0 aliphatic heterocycles. The predicted molar refractivity (Wildman–Crippen MR) is 120 cm³/mol. The summed E-state index contributed by atoms with van der Waals surface area (Å²) >= 11 is 0. The molecule has 3 amide bonds. The molecule has 2 aromatic rings. The van der Waals surface area contributed by atoms with Crippen LogP contribution in [-0.4, -0.2) is 43.3 Å². The van der Waals surface area contributed by atoms with E-state index >= 15 is 0 Å². The zero-order valence-electron chi connectivity index (χ0n) is 18.2. The first kappa shape index (κ1) is 23.1. The Hall–Kier alpha value is -3.19. The Morgan fingerprint density at radius 2 is 1.43 bits per heavy atom. The van der Waals surface area contributed by atoms with Crippen LogP contribution in [0.3, 0.4) is 0 Å². The minimum absolute atomic E-state index is 0.00759. The SMILES string of the molecule is CCc1ccc(C(CNC(=O)c2cc(NC(C)=O)cc(NC(C)=O)c2)N(C)C)cc1. The molecule has 7 heteroatoms. The number of carbonyl (C=O) groups is 3. The summed E-state index contributed by atoms with van der Waals surface area (Å²) in [4.78, 5) is 37.7. The molecule has 0 saturated carbocycles. The zero-order chi connectivity index (χ0) is 22.3. The lowest BCUT2D eigenvalue weighted by Crippen LogP contribution is -2.34. The molecule has 0 bridgehead atoms. The summed E-state index contributed by atoms with van der Waals surface area (Å²) in [5.74, 6) is -0.806. The van der Waals surface area contributed by atoms with Crippen molar-refractivity contribution in [2.45, 2.75) is 33.2 Å². The summed E-state index contributed by atoms with van der Waals surface area (Å²) in [5, 5.41) is 8.27. The molecule has 0 aliphatic carbocycles. The molecule has 0 aromatic heterocycles. The highest BCUT2D eigenvalue weighted by molar-refractivity contribution is 5.99. The highest BCUT2D eigenvalue weighted by atomic mass is 16.2. The van der Waals surface area contributed by atoms with E-state index in [4.69, 9.17) is 0 Å². The Balaban J connectivity index is 2.19. The van der Waals surface area contributed by atoms with Crippen molar-refractivity contribution < 1.29 is 14.4 Å². The highest BCUT2D eigenvalue weighted by Crippen LogP contribution is 2.21. The van der Waals surface area contributed by atoms with Gasteiger partial charge in [0.1, 0.15) is 0 Å². The number of amides is 3. The Morgan fingerprint density at radius 1 is 0.900 bits per heavy atom. The van der Waals surface area contributed by atoms with Crippen LogP contribution in [0.25, 0.3) is 0 Å². The fraction of sp³-hybridized carbons (Fsp3) is 0.348. The largest absolute Gasteiger partial charge is 0.350 e. The first-order valence-corrected chi connectivity index (χ1v) is 9.93. The number of hydrogen-bond donors (Lipinski definition) is 3. The Labute approximate surface area is 177 Å². The Morgan fingerprint density at radius 3 is 1.87 bits per heavy atom. The van der Waals surface area contributed by atoms with Gasteiger partial charge in [-0.25, -0.2) is 0 Å². The molecule has 0 fully saturated rings. The first-order chi connectivity index (χ1) is 14.2. The quantitative estimate of drug-likeness (QED) is 0.623. The second-order valence-electron chi connectivity index (χ2n) is 7.45. The van der Waals surface area contributed by atoms with Gasteiger partial charge in [0, 0.05) is 37.3 Å². The van der Waals surface area contributed by atoms with Crippen LogP contribution in [0, 0.1) is 0 Å². The van der Waals surface area contributed by atoms with Crippen LogP contribution in [0.5, 0.6) is 0 Å². The molecule has 3 N–H and O–H groups in total. The van der Waals surface area contributed by atoms with Gasteiger partial charge < -0.3 is 20.9 Å². The fourth-order valence-corrected chi connectivity index (χ4v) is 3.18. The summed E-state index contributed by atoms with van der Waals surface area (Å²) in [6.45, 7) is 5.30. The molecule has 0 heterocycles. The lowest BCUT2D eigenvalue weighted by atomic mass is 10.0. The molecular formula is C23H30N4O3. The van der Waals surface area contributed by atoms with Crippen molar-refractivity contribution in [1.29, 1.82) is 0 Å². The van der Waals surface area contributed by atoms with E-state index in [1.165, 1.54) is 19.4 Å². The number of nitrogens with zero attached hydrogens (tertiary/aromatic N) is 1. The second-order valence-corrected chi connectivity index (χ2v) is 7.45. The van der Waals surface area contributed by atoms with E-state index in [9.17, 15) is 14.4 Å². The number of aryl methyl sites for hydroxylation is 1. The molecule has 2 rings (SSSR count). The van der Waals surface area contributed by atoms with E-state index in [0.717, 1.165) is 12.0 Å². The van der Waals surface area contributed by atoms with E-state index in [2.05, 4.69) is 52.0 Å². The first-order valence-electron chi connectivity index (χ1n) is 9.93. The van der Waals surface area contributed by atoms with Crippen LogP contribution in [0.1, 0.15) is 48.3 Å². The van der Waals surface area contributed by atoms with Gasteiger partial charge in [-0.2, -0.15) is 0 Å². The third kappa shape index (κ3) is 6.70. The zero-order valence-corrected chi connectivity index (χ0v) is 18.2. The van der Waals surface area contributed by atoms with E-state index in [0.29, 0.717) is 23.5 Å². The molecular weight excluding hydrogens is 380 g/mol. The maximum atomic E-state index is 12.8. The van der Waals surface area contributed by atoms with Crippen LogP contribution in [0.4, 0.5) is 11.4 Å². The van der Waals surface area contributed by atoms with Crippen LogP contribution < -0.4 is 16.0 Å². The number of anilines is 2. The van der Waals surface area contributed by atoms with Crippen molar-refractivity contribution >= 4 is 29.1 Å². The molecule has 7 nitrogen and oxygen atoms in total. The topological polar surface area (TPSA) is 90.5 Å². The average molecular weight is 411 g/mol. The second kappa shape index (κ2) is 10.5. The monoisotopic (exact) mass is 410 g/mol. The van der Waals surface area contributed by atoms with Crippen LogP contribution in [0.2, 0.25) is 0 Å². The van der Waals surface area contributed by atoms with E-state index in [1.54, 1.807) is 18.2 Å². The molecule has 0 radical (unpaired) electrons. The third-order valence-corrected chi connectivity index (χ3v) is 4.69. The molecule has 0 aliphatic rings. The lowest BCUT2D eigenvalue weighted by molar-refractivity contribution is -0.115. The molecule has 30 heavy (non-hydrogen) atoms. The molecule has 0 saturated heterocycles. The van der Waals surface area contributed by atoms with Gasteiger partial charge in [0.15, 0.2) is 0 Å². The van der Waals surface area contributed by atoms with Crippen molar-refractivity contribution in [1.82, 2.24) is 10.2 Å². The number of nitrogens with one attached hydrogen (secondary N) is 3. The Kier molecular flexibility index (Phi) is 8.12. The standard InChI is InChI=1S/C23H30N4O3/c1-6-17-7-9-18(10-8-17)22(27(4)5)14-24-23(30)19-11-20(25-15(2)28)13-21(12-19)26-16(3)29/h7-13,22H,6,14H2,1-5H3,(H,24,30)(H,25,28)(H,26,29). The molecule has 1 atom stereocenters. The number of rotatable bonds is 8. The van der Waals surface area contributed by atoms with E-state index < -0.39 is 0 Å². The smallest absolute Gasteiger partial charge is 0.251 e. The highest BCUT2D eigenvalue weighted by Gasteiger charge is 2.17. The summed E-state index contributed by atoms with van der Waals surface area (Å²) in [7, 11) is 3.94. The van der Waals surface area contributed by atoms with Crippen molar-refractivity contribution in [2.24, 2.45) is 0 Å². The molecule has 0 spiro atoms. The van der Waals surface area contributed by atoms with Gasteiger partial charge in [0.05, 0.1) is 6.04 Å². The van der Waals surface area contributed by atoms with Gasteiger partial charge >= 0.3 is 0 Å². The van der Waals surface area contributed by atoms with Crippen molar-refractivity contribution in [3.05, 3.63) is 59.2 Å². The normalized spacial score (nSPS) is 11.7. The number of carbonyl (C=O) groups excluding carboxylic acids is 3. The maximum Gasteiger partial charge on any atom is 0.251 e. The summed E-state index contributed by atoms with van der Waals surface area (Å²) < 4.78 is 0. The van der Waals surface area contributed by atoms with Crippen molar-refractivity contribution in [3.8, 4) is 0 Å². The number of benzene rings is 2. The summed E-state index contributed by atoms with van der Waals surface area (Å²) in [6, 6.07) is 13.2. The fourth-order valence-electron chi connectivity index (χ4n) is 3.18. The third-order valence-electron chi connectivity index (χ3n) is 4.69. The predicted octanol–water partition coefficient (Wildman–Crippen LogP) is 3.20. The maximum absolute atomic E-state index is 12.8. The minimum Gasteiger partial charge on any atom is -0.350 e. The average Bonchev–Trinajstić information content (AvgIpc) is 2.67. The summed E-state index contributed by atoms with van der Waals surface area (Å²) in [6.07, 6.45) is 0.977. The number of hydrogen-bond acceptors (Lipinski definition) is 4. The van der Waals surface area contributed by atoms with E-state index in [-0.39, 0.29) is 23.8 Å². The lowest BCUT2D eigenvalue weighted by Gasteiger charge is -2.25. The van der Waals surface area contributed by atoms with Crippen LogP contribution in [-0.2, 0) is 16.0 Å². The van der Waals surface area contributed by atoms with Crippen LogP contribution in [0.15, 0.2) is 42.5 Å². The minimum atomic E-state index is -0.286. The van der Waals surface area contributed by atoms with Gasteiger partial charge in [-0.05, 0) is 49.8 Å². The molecule has 160 valence electrons. The van der Waals surface area contributed by atoms with Gasteiger partial charge in [-0.3, -0.25) is 14.4 Å². The van der Waals surface area contributed by atoms with Gasteiger partial charge in [-0.15, -0.1) is 0 Å². The van der Waals surface area contributed by atoms with Crippen molar-refractivity contribution in [3.63, 3.8) is 0 Å².